The van der Waals surface area contributed by atoms with Crippen molar-refractivity contribution in [3.05, 3.63) is 34.1 Å². The van der Waals surface area contributed by atoms with Crippen LogP contribution in [0.3, 0.4) is 0 Å². The first-order valence-electron chi connectivity index (χ1n) is 8.55. The second kappa shape index (κ2) is 5.68. The molecular formula is C18H19F3N2O2. The fourth-order valence-corrected chi connectivity index (χ4v) is 3.54. The molecule has 134 valence electrons. The maximum absolute atomic E-state index is 13.5. The van der Waals surface area contributed by atoms with Gasteiger partial charge in [-0.2, -0.15) is 13.2 Å². The molecule has 1 aromatic heterocycles. The second-order valence-electron chi connectivity index (χ2n) is 6.85. The van der Waals surface area contributed by atoms with Crippen molar-refractivity contribution < 1.29 is 17.9 Å². The summed E-state index contributed by atoms with van der Waals surface area (Å²) in [5.74, 6) is 0.833. The lowest BCUT2D eigenvalue weighted by Crippen LogP contribution is -2.44. The smallest absolute Gasteiger partial charge is 0.417 e. The number of aromatic amines is 1. The molecule has 7 heteroatoms. The molecule has 0 radical (unpaired) electrons. The van der Waals surface area contributed by atoms with Crippen molar-refractivity contribution in [2.24, 2.45) is 5.92 Å². The lowest BCUT2D eigenvalue weighted by Gasteiger charge is -2.39. The molecule has 0 spiro atoms. The molecule has 1 aliphatic heterocycles. The summed E-state index contributed by atoms with van der Waals surface area (Å²) in [6.07, 6.45) is -1.43. The molecule has 1 aromatic carbocycles. The van der Waals surface area contributed by atoms with E-state index in [-0.39, 0.29) is 22.7 Å². The van der Waals surface area contributed by atoms with Gasteiger partial charge in [0.05, 0.1) is 28.2 Å². The van der Waals surface area contributed by atoms with Gasteiger partial charge in [-0.1, -0.05) is 6.92 Å². The lowest BCUT2D eigenvalue weighted by molar-refractivity contribution is -0.136. The lowest BCUT2D eigenvalue weighted by atomic mass is 10.0. The highest BCUT2D eigenvalue weighted by molar-refractivity contribution is 5.94. The molecule has 25 heavy (non-hydrogen) atoms. The quantitative estimate of drug-likeness (QED) is 0.910. The minimum Gasteiger partial charge on any atom is -0.489 e. The molecule has 1 saturated carbocycles. The Bertz CT molecular complexity index is 871. The van der Waals surface area contributed by atoms with Crippen molar-refractivity contribution >= 4 is 16.6 Å². The molecule has 1 N–H and O–H groups in total. The summed E-state index contributed by atoms with van der Waals surface area (Å²) in [4.78, 5) is 16.3. The molecule has 0 amide bonds. The fraction of sp³-hybridized carbons (Fsp3) is 0.500. The number of pyridine rings is 1. The van der Waals surface area contributed by atoms with Gasteiger partial charge in [-0.25, -0.2) is 0 Å². The van der Waals surface area contributed by atoms with Crippen LogP contribution in [0.4, 0.5) is 18.9 Å². The minimum atomic E-state index is -4.62. The maximum Gasteiger partial charge on any atom is 0.417 e. The van der Waals surface area contributed by atoms with Gasteiger partial charge in [0.1, 0.15) is 6.61 Å². The van der Waals surface area contributed by atoms with E-state index in [0.29, 0.717) is 24.3 Å². The average molecular weight is 352 g/mol. The van der Waals surface area contributed by atoms with Gasteiger partial charge >= 0.3 is 6.18 Å². The predicted octanol–water partition coefficient (Wildman–Crippen LogP) is 3.93. The minimum absolute atomic E-state index is 0.0556. The van der Waals surface area contributed by atoms with Crippen LogP contribution in [-0.2, 0) is 6.18 Å². The SMILES string of the molecule is CCC1COc2c(ccc3[nH]c(=O)cc(C(F)(F)F)c23)N1CC1CC1. The summed E-state index contributed by atoms with van der Waals surface area (Å²) >= 11 is 0. The van der Waals surface area contributed by atoms with Crippen molar-refractivity contribution in [2.45, 2.75) is 38.4 Å². The van der Waals surface area contributed by atoms with Crippen molar-refractivity contribution in [1.29, 1.82) is 0 Å². The first kappa shape index (κ1) is 16.3. The van der Waals surface area contributed by atoms with Crippen molar-refractivity contribution in [3.63, 3.8) is 0 Å². The second-order valence-corrected chi connectivity index (χ2v) is 6.85. The zero-order chi connectivity index (χ0) is 17.8. The Kier molecular flexibility index (Phi) is 3.70. The third-order valence-corrected chi connectivity index (χ3v) is 5.04. The van der Waals surface area contributed by atoms with Crippen LogP contribution in [0.5, 0.6) is 5.75 Å². The summed E-state index contributed by atoms with van der Waals surface area (Å²) in [6.45, 7) is 3.25. The Balaban J connectivity index is 1.94. The standard InChI is InChI=1S/C18H19F3N2O2/c1-2-11-9-25-17-14(23(11)8-10-3-4-10)6-5-13-16(17)12(18(19,20)21)7-15(24)22-13/h5-7,10-11H,2-4,8-9H2,1H3,(H,22,24). The van der Waals surface area contributed by atoms with E-state index < -0.39 is 17.3 Å². The monoisotopic (exact) mass is 352 g/mol. The van der Waals surface area contributed by atoms with Crippen molar-refractivity contribution in [1.82, 2.24) is 4.98 Å². The van der Waals surface area contributed by atoms with E-state index >= 15 is 0 Å². The maximum atomic E-state index is 13.5. The van der Waals surface area contributed by atoms with Gasteiger partial charge in [0.15, 0.2) is 5.75 Å². The number of hydrogen-bond acceptors (Lipinski definition) is 3. The number of hydrogen-bond donors (Lipinski definition) is 1. The number of fused-ring (bicyclic) bond motifs is 3. The Morgan fingerprint density at radius 1 is 1.32 bits per heavy atom. The Labute approximate surface area is 142 Å². The van der Waals surface area contributed by atoms with Gasteiger partial charge in [-0.05, 0) is 37.3 Å². The van der Waals surface area contributed by atoms with Gasteiger partial charge in [-0.3, -0.25) is 4.79 Å². The predicted molar refractivity (Wildman–Crippen MR) is 89.2 cm³/mol. The molecule has 1 fully saturated rings. The summed E-state index contributed by atoms with van der Waals surface area (Å²) in [6, 6.07) is 4.08. The van der Waals surface area contributed by atoms with Crippen LogP contribution in [-0.4, -0.2) is 24.2 Å². The van der Waals surface area contributed by atoms with Gasteiger partial charge in [0, 0.05) is 12.6 Å². The van der Waals surface area contributed by atoms with Crippen molar-refractivity contribution in [2.75, 3.05) is 18.1 Å². The average Bonchev–Trinajstić information content (AvgIpc) is 3.37. The molecule has 2 aromatic rings. The summed E-state index contributed by atoms with van der Waals surface area (Å²) in [5, 5.41) is -0.0556. The first-order valence-corrected chi connectivity index (χ1v) is 8.55. The first-order chi connectivity index (χ1) is 11.9. The van der Waals surface area contributed by atoms with Gasteiger partial charge in [-0.15, -0.1) is 0 Å². The summed E-state index contributed by atoms with van der Waals surface area (Å²) in [5.41, 5.74) is -0.865. The zero-order valence-corrected chi connectivity index (χ0v) is 13.8. The largest absolute Gasteiger partial charge is 0.489 e. The zero-order valence-electron chi connectivity index (χ0n) is 13.8. The number of nitrogens with zero attached hydrogens (tertiary/aromatic N) is 1. The summed E-state index contributed by atoms with van der Waals surface area (Å²) in [7, 11) is 0. The molecule has 2 aliphatic rings. The fourth-order valence-electron chi connectivity index (χ4n) is 3.54. The highest BCUT2D eigenvalue weighted by Gasteiger charge is 2.38. The molecule has 2 heterocycles. The molecule has 4 nitrogen and oxygen atoms in total. The molecule has 0 saturated heterocycles. The van der Waals surface area contributed by atoms with Crippen LogP contribution in [0.2, 0.25) is 0 Å². The van der Waals surface area contributed by atoms with E-state index in [2.05, 4.69) is 16.8 Å². The van der Waals surface area contributed by atoms with Gasteiger partial charge in [0.25, 0.3) is 0 Å². The number of benzene rings is 1. The van der Waals surface area contributed by atoms with E-state index in [1.54, 1.807) is 12.1 Å². The number of aromatic nitrogens is 1. The topological polar surface area (TPSA) is 45.3 Å². The normalized spacial score (nSPS) is 20.5. The van der Waals surface area contributed by atoms with Gasteiger partial charge in [0.2, 0.25) is 5.56 Å². The number of ether oxygens (including phenoxy) is 1. The molecule has 1 unspecified atom stereocenters. The van der Waals surface area contributed by atoms with Crippen molar-refractivity contribution in [3.8, 4) is 5.75 Å². The summed E-state index contributed by atoms with van der Waals surface area (Å²) < 4.78 is 46.3. The molecule has 0 bridgehead atoms. The van der Waals surface area contributed by atoms with E-state index in [0.717, 1.165) is 25.8 Å². The highest BCUT2D eigenvalue weighted by atomic mass is 19.4. The van der Waals surface area contributed by atoms with E-state index in [1.807, 2.05) is 0 Å². The van der Waals surface area contributed by atoms with E-state index in [4.69, 9.17) is 4.74 Å². The van der Waals surface area contributed by atoms with Crippen LogP contribution < -0.4 is 15.2 Å². The third kappa shape index (κ3) is 2.85. The number of anilines is 1. The Hall–Kier alpha value is -2.18. The number of alkyl halides is 3. The van der Waals surface area contributed by atoms with Crippen LogP contribution in [0.1, 0.15) is 31.7 Å². The highest BCUT2D eigenvalue weighted by Crippen LogP contribution is 2.46. The van der Waals surface area contributed by atoms with E-state index in [1.165, 1.54) is 0 Å². The number of rotatable bonds is 3. The Morgan fingerprint density at radius 3 is 2.72 bits per heavy atom. The van der Waals surface area contributed by atoms with Gasteiger partial charge < -0.3 is 14.6 Å². The molecular weight excluding hydrogens is 333 g/mol. The molecule has 4 rings (SSSR count). The van der Waals surface area contributed by atoms with Crippen LogP contribution in [0, 0.1) is 5.92 Å². The number of H-pyrrole nitrogens is 1. The molecule has 1 aliphatic carbocycles. The number of halogens is 3. The molecule has 1 atom stereocenters. The number of nitrogens with one attached hydrogen (secondary N) is 1. The van der Waals surface area contributed by atoms with Crippen LogP contribution in [0.25, 0.3) is 10.9 Å². The van der Waals surface area contributed by atoms with E-state index in [9.17, 15) is 18.0 Å². The third-order valence-electron chi connectivity index (χ3n) is 5.04. The van der Waals surface area contributed by atoms with Crippen LogP contribution >= 0.6 is 0 Å². The Morgan fingerprint density at radius 2 is 2.08 bits per heavy atom. The van der Waals surface area contributed by atoms with Crippen LogP contribution in [0.15, 0.2) is 23.0 Å².